The van der Waals surface area contributed by atoms with Crippen LogP contribution in [0.1, 0.15) is 0 Å². The molecule has 0 nitrogen and oxygen atoms in total. The van der Waals surface area contributed by atoms with Crippen molar-refractivity contribution in [3.63, 3.8) is 0 Å². The summed E-state index contributed by atoms with van der Waals surface area (Å²) in [6.45, 7) is 0. The Bertz CT molecular complexity index is 371. The van der Waals surface area contributed by atoms with E-state index in [4.69, 9.17) is 0 Å². The van der Waals surface area contributed by atoms with Crippen LogP contribution >= 0.6 is 0 Å². The molecule has 0 bridgehead atoms. The molecule has 0 aromatic heterocycles. The molecular formula is C6H2F10Si2. The van der Waals surface area contributed by atoms with E-state index in [0.29, 0.717) is 0 Å². The second-order valence-corrected chi connectivity index (χ2v) is 10.4. The molecule has 0 unspecified atom stereocenters. The molecule has 1 aliphatic rings. The number of hydrogen-bond donors (Lipinski definition) is 0. The van der Waals surface area contributed by atoms with Crippen molar-refractivity contribution in [2.45, 2.75) is 12.4 Å². The quantitative estimate of drug-likeness (QED) is 0.361. The molecule has 0 spiro atoms. The highest BCUT2D eigenvalue weighted by Crippen LogP contribution is 2.46. The van der Waals surface area contributed by atoms with Gasteiger partial charge in [-0.1, -0.05) is 0 Å². The number of halogens is 10. The molecule has 104 valence electrons. The number of alkyl halides is 6. The predicted octanol–water partition coefficient (Wildman–Crippen LogP) is 3.90. The zero-order chi connectivity index (χ0) is 14.6. The van der Waals surface area contributed by atoms with Crippen LogP contribution in [0.5, 0.6) is 0 Å². The largest absolute Gasteiger partial charge is 0.504 e. The minimum Gasteiger partial charge on any atom is -0.262 e. The Labute approximate surface area is 95.1 Å². The molecule has 0 N–H and O–H groups in total. The highest BCUT2D eigenvalue weighted by molar-refractivity contribution is 7.35. The molecule has 0 aromatic carbocycles. The maximum atomic E-state index is 12.8. The van der Waals surface area contributed by atoms with Gasteiger partial charge in [0.15, 0.2) is 0 Å². The van der Waals surface area contributed by atoms with Gasteiger partial charge < -0.3 is 0 Å². The van der Waals surface area contributed by atoms with Gasteiger partial charge in [-0.2, -0.15) is 26.3 Å². The topological polar surface area (TPSA) is 0 Å². The van der Waals surface area contributed by atoms with Crippen molar-refractivity contribution < 1.29 is 42.8 Å². The third-order valence-electron chi connectivity index (χ3n) is 2.00. The van der Waals surface area contributed by atoms with Gasteiger partial charge in [0.2, 0.25) is 0 Å². The Kier molecular flexibility index (Phi) is 3.27. The molecule has 0 atom stereocenters. The lowest BCUT2D eigenvalue weighted by atomic mass is 10.1. The summed E-state index contributed by atoms with van der Waals surface area (Å²) in [7, 11) is -13.5. The van der Waals surface area contributed by atoms with Gasteiger partial charge in [-0.15, -0.1) is 0 Å². The van der Waals surface area contributed by atoms with Gasteiger partial charge in [-0.05, 0) is 11.4 Å². The Balaban J connectivity index is 3.48. The number of rotatable bonds is 0. The van der Waals surface area contributed by atoms with E-state index < -0.39 is 51.4 Å². The van der Waals surface area contributed by atoms with E-state index in [9.17, 15) is 42.8 Å². The molecule has 0 amide bonds. The second kappa shape index (κ2) is 3.85. The van der Waals surface area contributed by atoms with Crippen LogP contribution in [0.3, 0.4) is 0 Å². The lowest BCUT2D eigenvalue weighted by molar-refractivity contribution is -0.117. The van der Waals surface area contributed by atoms with Crippen LogP contribution in [0.25, 0.3) is 0 Å². The molecule has 18 heavy (non-hydrogen) atoms. The van der Waals surface area contributed by atoms with Crippen molar-refractivity contribution >= 4 is 16.5 Å². The Morgan fingerprint density at radius 1 is 0.611 bits per heavy atom. The van der Waals surface area contributed by atoms with E-state index >= 15 is 0 Å². The molecule has 0 saturated carbocycles. The fraction of sp³-hybridized carbons (Fsp3) is 0.333. The second-order valence-electron chi connectivity index (χ2n) is 3.36. The average molecular weight is 320 g/mol. The highest BCUT2D eigenvalue weighted by atomic mass is 29.3. The summed E-state index contributed by atoms with van der Waals surface area (Å²) in [5.41, 5.74) is -7.88. The molecule has 0 saturated heterocycles. The van der Waals surface area contributed by atoms with Crippen molar-refractivity contribution in [1.29, 1.82) is 0 Å². The molecule has 0 aliphatic carbocycles. The summed E-state index contributed by atoms with van der Waals surface area (Å²) in [4.78, 5) is 0. The van der Waals surface area contributed by atoms with E-state index in [2.05, 4.69) is 0 Å². The maximum absolute atomic E-state index is 12.8. The lowest BCUT2D eigenvalue weighted by Gasteiger charge is -2.26. The maximum Gasteiger partial charge on any atom is 0.504 e. The van der Waals surface area contributed by atoms with Gasteiger partial charge in [-0.3, -0.25) is 16.4 Å². The third kappa shape index (κ3) is 2.63. The van der Waals surface area contributed by atoms with Crippen molar-refractivity contribution in [2.24, 2.45) is 0 Å². The normalized spacial score (nSPS) is 23.4. The van der Waals surface area contributed by atoms with Gasteiger partial charge >= 0.3 is 28.9 Å². The first kappa shape index (κ1) is 15.3. The van der Waals surface area contributed by atoms with Gasteiger partial charge in [0.05, 0.1) is 11.1 Å². The predicted molar refractivity (Wildman–Crippen MR) is 44.2 cm³/mol. The lowest BCUT2D eigenvalue weighted by Crippen LogP contribution is -2.53. The summed E-state index contributed by atoms with van der Waals surface area (Å²) in [6, 6.07) is 0. The fourth-order valence-corrected chi connectivity index (χ4v) is 4.95. The molecule has 1 aliphatic heterocycles. The molecule has 0 radical (unpaired) electrons. The summed E-state index contributed by atoms with van der Waals surface area (Å²) < 4.78 is 124. The SMILES string of the molecule is FC(F)(F)C1=C[Si](F)(F)[Si](F)(F)C=C1C(F)(F)F. The summed E-state index contributed by atoms with van der Waals surface area (Å²) in [5, 5.41) is 0. The third-order valence-corrected chi connectivity index (χ3v) is 7.72. The van der Waals surface area contributed by atoms with Gasteiger partial charge in [0.25, 0.3) is 0 Å². The van der Waals surface area contributed by atoms with E-state index in [0.717, 1.165) is 0 Å². The van der Waals surface area contributed by atoms with Gasteiger partial charge in [-0.25, -0.2) is 0 Å². The minimum atomic E-state index is -6.76. The smallest absolute Gasteiger partial charge is 0.262 e. The van der Waals surface area contributed by atoms with Crippen LogP contribution in [-0.2, 0) is 0 Å². The Hall–Kier alpha value is -0.786. The van der Waals surface area contributed by atoms with Crippen molar-refractivity contribution in [3.05, 3.63) is 22.5 Å². The van der Waals surface area contributed by atoms with Gasteiger partial charge in [0.1, 0.15) is 0 Å². The zero-order valence-corrected chi connectivity index (χ0v) is 9.93. The average Bonchev–Trinajstić information content (AvgIpc) is 2.05. The minimum absolute atomic E-state index is 1.21. The number of allylic oxidation sites excluding steroid dienone is 2. The van der Waals surface area contributed by atoms with Crippen LogP contribution in [-0.4, -0.2) is 28.9 Å². The zero-order valence-electron chi connectivity index (χ0n) is 7.93. The fourth-order valence-electron chi connectivity index (χ4n) is 1.18. The monoisotopic (exact) mass is 320 g/mol. The van der Waals surface area contributed by atoms with Crippen LogP contribution in [0.15, 0.2) is 22.5 Å². The Morgan fingerprint density at radius 2 is 0.833 bits per heavy atom. The summed E-state index contributed by atoms with van der Waals surface area (Å²) in [6.07, 6.45) is -11.5. The van der Waals surface area contributed by atoms with Crippen LogP contribution in [0.2, 0.25) is 0 Å². The number of hydrogen-bond acceptors (Lipinski definition) is 0. The molecule has 0 aromatic rings. The molecule has 0 fully saturated rings. The van der Waals surface area contributed by atoms with E-state index in [1.807, 2.05) is 0 Å². The van der Waals surface area contributed by atoms with Crippen molar-refractivity contribution in [3.8, 4) is 0 Å². The first-order chi connectivity index (χ1) is 7.68. The molecule has 1 rings (SSSR count). The first-order valence-corrected chi connectivity index (χ1v) is 8.71. The molecule has 12 heteroatoms. The van der Waals surface area contributed by atoms with E-state index in [1.54, 1.807) is 0 Å². The van der Waals surface area contributed by atoms with Crippen molar-refractivity contribution in [1.82, 2.24) is 0 Å². The van der Waals surface area contributed by atoms with Crippen LogP contribution < -0.4 is 0 Å². The highest BCUT2D eigenvalue weighted by Gasteiger charge is 2.68. The summed E-state index contributed by atoms with van der Waals surface area (Å²) >= 11 is 0. The Morgan fingerprint density at radius 3 is 1.00 bits per heavy atom. The van der Waals surface area contributed by atoms with Gasteiger partial charge in [0, 0.05) is 0 Å². The van der Waals surface area contributed by atoms with Crippen LogP contribution in [0.4, 0.5) is 42.8 Å². The standard InChI is InChI=1S/C6H2F10Si2/c7-5(8,9)3-1-17(13,14)18(15,16)2-4(3)6(10,11)12/h1-2H. The molecule has 1 heterocycles. The van der Waals surface area contributed by atoms with E-state index in [-0.39, 0.29) is 0 Å². The van der Waals surface area contributed by atoms with Crippen molar-refractivity contribution in [2.75, 3.05) is 0 Å². The first-order valence-electron chi connectivity index (χ1n) is 4.04. The van der Waals surface area contributed by atoms with Crippen LogP contribution in [0, 0.1) is 0 Å². The van der Waals surface area contributed by atoms with E-state index in [1.165, 1.54) is 0 Å². The summed E-state index contributed by atoms with van der Waals surface area (Å²) in [5.74, 6) is 0. The molecular weight excluding hydrogens is 318 g/mol.